The van der Waals surface area contributed by atoms with Gasteiger partial charge in [-0.05, 0) is 44.2 Å². The number of nitro groups is 1. The molecule has 3 aromatic rings. The molecule has 1 heterocycles. The molecule has 0 saturated carbocycles. The summed E-state index contributed by atoms with van der Waals surface area (Å²) in [7, 11) is 0. The highest BCUT2D eigenvalue weighted by atomic mass is 32.1. The summed E-state index contributed by atoms with van der Waals surface area (Å²) in [5, 5.41) is 14.6. The van der Waals surface area contributed by atoms with Crippen LogP contribution < -0.4 is 5.32 Å². The number of halogens is 1. The minimum atomic E-state index is -0.496. The van der Waals surface area contributed by atoms with Gasteiger partial charge in [0.2, 0.25) is 0 Å². The van der Waals surface area contributed by atoms with Gasteiger partial charge in [-0.3, -0.25) is 14.9 Å². The van der Waals surface area contributed by atoms with Gasteiger partial charge < -0.3 is 5.32 Å². The van der Waals surface area contributed by atoms with Crippen LogP contribution in [0, 0.1) is 29.8 Å². The predicted molar refractivity (Wildman–Crippen MR) is 106 cm³/mol. The number of aromatic nitrogens is 1. The van der Waals surface area contributed by atoms with E-state index in [1.807, 2.05) is 6.92 Å². The number of hydrogen-bond acceptors (Lipinski definition) is 5. The van der Waals surface area contributed by atoms with E-state index in [1.54, 1.807) is 25.1 Å². The summed E-state index contributed by atoms with van der Waals surface area (Å²) in [6.45, 7) is 3.84. The summed E-state index contributed by atoms with van der Waals surface area (Å²) in [6, 6.07) is 10.6. The summed E-state index contributed by atoms with van der Waals surface area (Å²) >= 11 is 1.50. The van der Waals surface area contributed by atoms with E-state index < -0.39 is 4.92 Å². The average Bonchev–Trinajstić information content (AvgIpc) is 3.03. The van der Waals surface area contributed by atoms with Crippen LogP contribution in [0.3, 0.4) is 0 Å². The van der Waals surface area contributed by atoms with Crippen LogP contribution in [0.15, 0.2) is 42.5 Å². The van der Waals surface area contributed by atoms with Crippen LogP contribution in [0.5, 0.6) is 0 Å². The lowest BCUT2D eigenvalue weighted by atomic mass is 10.1. The van der Waals surface area contributed by atoms with Gasteiger partial charge in [0.15, 0.2) is 0 Å². The van der Waals surface area contributed by atoms with Gasteiger partial charge in [-0.2, -0.15) is 0 Å². The third-order valence-electron chi connectivity index (χ3n) is 4.37. The number of nitrogens with zero attached hydrogens (tertiary/aromatic N) is 2. The van der Waals surface area contributed by atoms with Gasteiger partial charge >= 0.3 is 0 Å². The van der Waals surface area contributed by atoms with E-state index in [0.717, 1.165) is 21.1 Å². The average molecular weight is 399 g/mol. The first-order valence-corrected chi connectivity index (χ1v) is 9.43. The van der Waals surface area contributed by atoms with Crippen molar-refractivity contribution in [3.8, 4) is 10.6 Å². The Hall–Kier alpha value is -3.13. The van der Waals surface area contributed by atoms with Crippen LogP contribution in [-0.4, -0.2) is 22.4 Å². The zero-order valence-electron chi connectivity index (χ0n) is 15.4. The van der Waals surface area contributed by atoms with Crippen molar-refractivity contribution in [3.05, 3.63) is 80.1 Å². The van der Waals surface area contributed by atoms with Gasteiger partial charge in [0, 0.05) is 40.6 Å². The summed E-state index contributed by atoms with van der Waals surface area (Å²) in [4.78, 5) is 28.5. The number of amides is 1. The lowest BCUT2D eigenvalue weighted by molar-refractivity contribution is -0.385. The second-order valence-corrected chi connectivity index (χ2v) is 7.33. The highest BCUT2D eigenvalue weighted by Crippen LogP contribution is 2.28. The molecule has 8 heteroatoms. The van der Waals surface area contributed by atoms with Crippen LogP contribution in [0.1, 0.15) is 26.5 Å². The number of aryl methyl sites for hydroxylation is 1. The molecule has 1 aromatic heterocycles. The van der Waals surface area contributed by atoms with Crippen LogP contribution >= 0.6 is 11.3 Å². The fourth-order valence-electron chi connectivity index (χ4n) is 2.83. The van der Waals surface area contributed by atoms with E-state index in [9.17, 15) is 19.3 Å². The topological polar surface area (TPSA) is 85.1 Å². The Bertz CT molecular complexity index is 1030. The standard InChI is InChI=1S/C20H18FN3O3S/c1-12-16(4-3-5-17(12)24(26)27)19(25)22-11-10-18-13(2)23-20(28-18)14-6-8-15(21)9-7-14/h3-9H,10-11H2,1-2H3,(H,22,25). The molecule has 2 aromatic carbocycles. The highest BCUT2D eigenvalue weighted by molar-refractivity contribution is 7.15. The van der Waals surface area contributed by atoms with Gasteiger partial charge in [-0.15, -0.1) is 11.3 Å². The van der Waals surface area contributed by atoms with Crippen LogP contribution in [0.25, 0.3) is 10.6 Å². The molecule has 0 fully saturated rings. The quantitative estimate of drug-likeness (QED) is 0.490. The number of rotatable bonds is 6. The Morgan fingerprint density at radius 1 is 1.21 bits per heavy atom. The van der Waals surface area contributed by atoms with E-state index in [-0.39, 0.29) is 17.4 Å². The molecule has 0 saturated heterocycles. The van der Waals surface area contributed by atoms with Gasteiger partial charge in [0.1, 0.15) is 10.8 Å². The summed E-state index contributed by atoms with van der Waals surface area (Å²) in [6.07, 6.45) is 0.588. The van der Waals surface area contributed by atoms with Crippen molar-refractivity contribution in [1.29, 1.82) is 0 Å². The second kappa shape index (κ2) is 8.26. The fourth-order valence-corrected chi connectivity index (χ4v) is 3.90. The van der Waals surface area contributed by atoms with E-state index in [2.05, 4.69) is 10.3 Å². The number of carbonyl (C=O) groups excluding carboxylic acids is 1. The van der Waals surface area contributed by atoms with Gasteiger partial charge in [-0.1, -0.05) is 6.07 Å². The second-order valence-electron chi connectivity index (χ2n) is 6.25. The number of thiazole rings is 1. The molecular formula is C20H18FN3O3S. The maximum absolute atomic E-state index is 13.1. The van der Waals surface area contributed by atoms with Crippen LogP contribution in [0.2, 0.25) is 0 Å². The first-order valence-electron chi connectivity index (χ1n) is 8.61. The van der Waals surface area contributed by atoms with E-state index in [4.69, 9.17) is 0 Å². The van der Waals surface area contributed by atoms with E-state index >= 15 is 0 Å². The van der Waals surface area contributed by atoms with E-state index in [0.29, 0.717) is 24.1 Å². The lowest BCUT2D eigenvalue weighted by Gasteiger charge is -2.07. The fraction of sp³-hybridized carbons (Fsp3) is 0.200. The SMILES string of the molecule is Cc1nc(-c2ccc(F)cc2)sc1CCNC(=O)c1cccc([N+](=O)[O-])c1C. The molecule has 0 aliphatic heterocycles. The molecule has 0 atom stereocenters. The molecule has 28 heavy (non-hydrogen) atoms. The number of benzene rings is 2. The zero-order valence-corrected chi connectivity index (χ0v) is 16.2. The molecule has 6 nitrogen and oxygen atoms in total. The van der Waals surface area contributed by atoms with Crippen molar-refractivity contribution in [2.45, 2.75) is 20.3 Å². The molecule has 0 spiro atoms. The van der Waals surface area contributed by atoms with Gasteiger partial charge in [0.25, 0.3) is 11.6 Å². The Kier molecular flexibility index (Phi) is 5.79. The smallest absolute Gasteiger partial charge is 0.273 e. The third-order valence-corrected chi connectivity index (χ3v) is 5.63. The minimum absolute atomic E-state index is 0.0742. The Labute approximate surface area is 165 Å². The molecule has 3 rings (SSSR count). The lowest BCUT2D eigenvalue weighted by Crippen LogP contribution is -2.26. The summed E-state index contributed by atoms with van der Waals surface area (Å²) < 4.78 is 13.1. The normalized spacial score (nSPS) is 10.7. The number of carbonyl (C=O) groups is 1. The number of nitrogens with one attached hydrogen (secondary N) is 1. The van der Waals surface area contributed by atoms with Crippen molar-refractivity contribution in [3.63, 3.8) is 0 Å². The first-order chi connectivity index (χ1) is 13.4. The van der Waals surface area contributed by atoms with Gasteiger partial charge in [-0.25, -0.2) is 9.37 Å². The van der Waals surface area contributed by atoms with Crippen molar-refractivity contribution in [1.82, 2.24) is 10.3 Å². The highest BCUT2D eigenvalue weighted by Gasteiger charge is 2.18. The largest absolute Gasteiger partial charge is 0.352 e. The first kappa shape index (κ1) is 19.6. The number of nitro benzene ring substituents is 1. The van der Waals surface area contributed by atoms with Crippen molar-refractivity contribution in [2.75, 3.05) is 6.54 Å². The minimum Gasteiger partial charge on any atom is -0.352 e. The van der Waals surface area contributed by atoms with Crippen LogP contribution in [-0.2, 0) is 6.42 Å². The molecule has 1 N–H and O–H groups in total. The maximum atomic E-state index is 13.1. The Morgan fingerprint density at radius 3 is 2.61 bits per heavy atom. The monoisotopic (exact) mass is 399 g/mol. The zero-order chi connectivity index (χ0) is 20.3. The molecule has 1 amide bonds. The summed E-state index contributed by atoms with van der Waals surface area (Å²) in [5.41, 5.74) is 2.27. The third kappa shape index (κ3) is 4.23. The molecule has 144 valence electrons. The van der Waals surface area contributed by atoms with Crippen molar-refractivity contribution < 1.29 is 14.1 Å². The molecule has 0 radical (unpaired) electrons. The maximum Gasteiger partial charge on any atom is 0.273 e. The van der Waals surface area contributed by atoms with E-state index in [1.165, 1.54) is 35.6 Å². The Morgan fingerprint density at radius 2 is 1.93 bits per heavy atom. The predicted octanol–water partition coefficient (Wildman–Crippen LogP) is 4.45. The van der Waals surface area contributed by atoms with Crippen LogP contribution in [0.4, 0.5) is 10.1 Å². The van der Waals surface area contributed by atoms with Gasteiger partial charge in [0.05, 0.1) is 10.6 Å². The molecule has 0 unspecified atom stereocenters. The van der Waals surface area contributed by atoms with Crippen molar-refractivity contribution >= 4 is 22.9 Å². The molecule has 0 bridgehead atoms. The van der Waals surface area contributed by atoms with Crippen molar-refractivity contribution in [2.24, 2.45) is 0 Å². The molecular weight excluding hydrogens is 381 g/mol. The summed E-state index contributed by atoms with van der Waals surface area (Å²) in [5.74, 6) is -0.640. The molecule has 0 aliphatic rings. The molecule has 0 aliphatic carbocycles. The number of hydrogen-bond donors (Lipinski definition) is 1. The Balaban J connectivity index is 1.66.